The van der Waals surface area contributed by atoms with E-state index in [-0.39, 0.29) is 0 Å². The molecular formula is C12H24N4O. The third-order valence-corrected chi connectivity index (χ3v) is 2.57. The van der Waals surface area contributed by atoms with Gasteiger partial charge in [-0.25, -0.2) is 4.98 Å². The van der Waals surface area contributed by atoms with Gasteiger partial charge in [-0.15, -0.1) is 0 Å². The first-order valence-corrected chi connectivity index (χ1v) is 6.12. The van der Waals surface area contributed by atoms with Gasteiger partial charge in [0.25, 0.3) is 0 Å². The third-order valence-electron chi connectivity index (χ3n) is 2.57. The topological polar surface area (TPSA) is 42.3 Å². The van der Waals surface area contributed by atoms with Crippen molar-refractivity contribution in [1.29, 1.82) is 0 Å². The summed E-state index contributed by atoms with van der Waals surface area (Å²) in [6, 6.07) is 0. The molecule has 0 saturated heterocycles. The van der Waals surface area contributed by atoms with Gasteiger partial charge in [0.15, 0.2) is 0 Å². The summed E-state index contributed by atoms with van der Waals surface area (Å²) in [7, 11) is 5.92. The highest BCUT2D eigenvalue weighted by Gasteiger charge is 2.00. The predicted molar refractivity (Wildman–Crippen MR) is 70.4 cm³/mol. The van der Waals surface area contributed by atoms with E-state index >= 15 is 0 Å². The summed E-state index contributed by atoms with van der Waals surface area (Å²) in [5.74, 6) is 0.937. The number of aromatic nitrogens is 2. The highest BCUT2D eigenvalue weighted by Crippen LogP contribution is 2.04. The largest absolute Gasteiger partial charge is 0.383 e. The van der Waals surface area contributed by atoms with Crippen LogP contribution in [0.1, 0.15) is 12.8 Å². The number of anilines is 1. The Bertz CT molecular complexity index is 298. The maximum Gasteiger partial charge on any atom is 0.202 e. The van der Waals surface area contributed by atoms with E-state index in [9.17, 15) is 0 Å². The van der Waals surface area contributed by atoms with E-state index in [0.29, 0.717) is 6.61 Å². The molecule has 98 valence electrons. The van der Waals surface area contributed by atoms with Gasteiger partial charge in [0.05, 0.1) is 6.61 Å². The van der Waals surface area contributed by atoms with Crippen LogP contribution in [-0.4, -0.2) is 55.4 Å². The van der Waals surface area contributed by atoms with E-state index in [1.807, 2.05) is 12.4 Å². The van der Waals surface area contributed by atoms with Crippen molar-refractivity contribution in [1.82, 2.24) is 14.5 Å². The summed E-state index contributed by atoms with van der Waals surface area (Å²) in [6.45, 7) is 3.67. The molecule has 17 heavy (non-hydrogen) atoms. The maximum absolute atomic E-state index is 5.06. The van der Waals surface area contributed by atoms with Crippen molar-refractivity contribution >= 4 is 5.95 Å². The number of hydrogen-bond acceptors (Lipinski definition) is 4. The van der Waals surface area contributed by atoms with Gasteiger partial charge in [0.2, 0.25) is 5.95 Å². The minimum Gasteiger partial charge on any atom is -0.383 e. The van der Waals surface area contributed by atoms with Crippen molar-refractivity contribution in [3.05, 3.63) is 12.4 Å². The number of unbranched alkanes of at least 4 members (excludes halogenated alkanes) is 1. The normalized spacial score (nSPS) is 11.1. The summed E-state index contributed by atoms with van der Waals surface area (Å²) >= 11 is 0. The Morgan fingerprint density at radius 1 is 1.41 bits per heavy atom. The van der Waals surface area contributed by atoms with Gasteiger partial charge in [-0.1, -0.05) is 0 Å². The van der Waals surface area contributed by atoms with Crippen molar-refractivity contribution < 1.29 is 4.74 Å². The maximum atomic E-state index is 5.06. The van der Waals surface area contributed by atoms with E-state index in [1.54, 1.807) is 7.11 Å². The second-order valence-electron chi connectivity index (χ2n) is 4.37. The van der Waals surface area contributed by atoms with Crippen LogP contribution in [-0.2, 0) is 11.3 Å². The molecule has 1 heterocycles. The number of nitrogens with zero attached hydrogens (tertiary/aromatic N) is 3. The molecule has 0 atom stereocenters. The summed E-state index contributed by atoms with van der Waals surface area (Å²) in [5.41, 5.74) is 0. The van der Waals surface area contributed by atoms with Gasteiger partial charge in [-0.3, -0.25) is 0 Å². The van der Waals surface area contributed by atoms with Crippen LogP contribution in [0.15, 0.2) is 12.4 Å². The van der Waals surface area contributed by atoms with Crippen LogP contribution in [0.4, 0.5) is 5.95 Å². The molecule has 0 unspecified atom stereocenters. The van der Waals surface area contributed by atoms with E-state index in [4.69, 9.17) is 4.74 Å². The van der Waals surface area contributed by atoms with Crippen LogP contribution in [0.3, 0.4) is 0 Å². The average Bonchev–Trinajstić information content (AvgIpc) is 2.73. The molecule has 1 N–H and O–H groups in total. The number of imidazole rings is 1. The molecule has 0 fully saturated rings. The minimum absolute atomic E-state index is 0.714. The Hall–Kier alpha value is -1.07. The molecular weight excluding hydrogens is 216 g/mol. The first-order chi connectivity index (χ1) is 8.24. The van der Waals surface area contributed by atoms with Crippen LogP contribution in [0, 0.1) is 0 Å². The van der Waals surface area contributed by atoms with Gasteiger partial charge >= 0.3 is 0 Å². The second kappa shape index (κ2) is 8.08. The molecule has 0 bridgehead atoms. The Morgan fingerprint density at radius 3 is 2.94 bits per heavy atom. The number of nitrogens with one attached hydrogen (secondary N) is 1. The van der Waals surface area contributed by atoms with Gasteiger partial charge in [0, 0.05) is 32.6 Å². The molecule has 0 aromatic carbocycles. The Morgan fingerprint density at radius 2 is 2.24 bits per heavy atom. The molecule has 0 aliphatic carbocycles. The molecule has 0 saturated carbocycles. The zero-order valence-corrected chi connectivity index (χ0v) is 11.1. The number of methoxy groups -OCH3 is 1. The molecule has 1 aromatic heterocycles. The lowest BCUT2D eigenvalue weighted by Crippen LogP contribution is -2.15. The second-order valence-corrected chi connectivity index (χ2v) is 4.37. The molecule has 0 radical (unpaired) electrons. The fraction of sp³-hybridized carbons (Fsp3) is 0.750. The van der Waals surface area contributed by atoms with E-state index in [2.05, 4.69) is 33.9 Å². The van der Waals surface area contributed by atoms with Crippen molar-refractivity contribution in [2.45, 2.75) is 19.4 Å². The summed E-state index contributed by atoms with van der Waals surface area (Å²) < 4.78 is 7.14. The zero-order valence-electron chi connectivity index (χ0n) is 11.1. The van der Waals surface area contributed by atoms with Crippen molar-refractivity contribution in [2.24, 2.45) is 0 Å². The smallest absolute Gasteiger partial charge is 0.202 e. The highest BCUT2D eigenvalue weighted by atomic mass is 16.5. The summed E-state index contributed by atoms with van der Waals surface area (Å²) in [4.78, 5) is 6.50. The molecule has 5 heteroatoms. The van der Waals surface area contributed by atoms with Gasteiger partial charge < -0.3 is 19.5 Å². The van der Waals surface area contributed by atoms with E-state index in [0.717, 1.165) is 32.0 Å². The Kier molecular flexibility index (Phi) is 6.65. The first kappa shape index (κ1) is 14.0. The predicted octanol–water partition coefficient (Wildman–Crippen LogP) is 1.28. The highest BCUT2D eigenvalue weighted by molar-refractivity contribution is 5.25. The van der Waals surface area contributed by atoms with E-state index in [1.165, 1.54) is 6.42 Å². The molecule has 0 aliphatic rings. The lowest BCUT2D eigenvalue weighted by molar-refractivity contribution is 0.187. The van der Waals surface area contributed by atoms with Crippen LogP contribution in [0.25, 0.3) is 0 Å². The summed E-state index contributed by atoms with van der Waals surface area (Å²) in [5, 5.41) is 3.35. The average molecular weight is 240 g/mol. The van der Waals surface area contributed by atoms with Crippen LogP contribution in [0.2, 0.25) is 0 Å². The lowest BCUT2D eigenvalue weighted by Gasteiger charge is -2.11. The Labute approximate surface area is 104 Å². The fourth-order valence-electron chi connectivity index (χ4n) is 1.60. The van der Waals surface area contributed by atoms with Gasteiger partial charge in [0.1, 0.15) is 0 Å². The molecule has 1 rings (SSSR count). The fourth-order valence-corrected chi connectivity index (χ4v) is 1.60. The standard InChI is InChI=1S/C12H24N4O/c1-15(2)8-5-4-6-13-12-14-7-9-16(12)10-11-17-3/h7,9H,4-6,8,10-11H2,1-3H3,(H,13,14). The van der Waals surface area contributed by atoms with Gasteiger partial charge in [-0.05, 0) is 33.5 Å². The molecule has 0 spiro atoms. The number of rotatable bonds is 9. The Balaban J connectivity index is 2.19. The molecule has 0 amide bonds. The van der Waals surface area contributed by atoms with Crippen molar-refractivity contribution in [3.8, 4) is 0 Å². The monoisotopic (exact) mass is 240 g/mol. The zero-order chi connectivity index (χ0) is 12.5. The van der Waals surface area contributed by atoms with Crippen LogP contribution >= 0.6 is 0 Å². The third kappa shape index (κ3) is 5.70. The minimum atomic E-state index is 0.714. The molecule has 1 aromatic rings. The molecule has 0 aliphatic heterocycles. The SMILES string of the molecule is COCCn1ccnc1NCCCCN(C)C. The summed E-state index contributed by atoms with van der Waals surface area (Å²) in [6.07, 6.45) is 6.16. The van der Waals surface area contributed by atoms with Crippen LogP contribution < -0.4 is 5.32 Å². The molecule has 5 nitrogen and oxygen atoms in total. The number of ether oxygens (including phenoxy) is 1. The van der Waals surface area contributed by atoms with Crippen LogP contribution in [0.5, 0.6) is 0 Å². The van der Waals surface area contributed by atoms with Crippen molar-refractivity contribution in [3.63, 3.8) is 0 Å². The lowest BCUT2D eigenvalue weighted by atomic mass is 10.3. The first-order valence-electron chi connectivity index (χ1n) is 6.12. The quantitative estimate of drug-likeness (QED) is 0.660. The van der Waals surface area contributed by atoms with Gasteiger partial charge in [-0.2, -0.15) is 0 Å². The van der Waals surface area contributed by atoms with E-state index < -0.39 is 0 Å². The van der Waals surface area contributed by atoms with Crippen molar-refractivity contribution in [2.75, 3.05) is 46.2 Å². The number of hydrogen-bond donors (Lipinski definition) is 1.